The van der Waals surface area contributed by atoms with E-state index in [0.717, 1.165) is 18.5 Å². The molecule has 1 aromatic carbocycles. The summed E-state index contributed by atoms with van der Waals surface area (Å²) in [5, 5.41) is 0. The lowest BCUT2D eigenvalue weighted by Crippen LogP contribution is -2.48. The molecule has 0 aliphatic carbocycles. The summed E-state index contributed by atoms with van der Waals surface area (Å²) in [5.74, 6) is 0.581. The van der Waals surface area contributed by atoms with Crippen molar-refractivity contribution >= 4 is 0 Å². The molecule has 1 saturated heterocycles. The highest BCUT2D eigenvalue weighted by molar-refractivity contribution is 5.24. The van der Waals surface area contributed by atoms with Crippen LogP contribution in [0.3, 0.4) is 0 Å². The normalized spacial score (nSPS) is 24.9. The molecule has 0 spiro atoms. The van der Waals surface area contributed by atoms with Gasteiger partial charge in [0.15, 0.2) is 0 Å². The van der Waals surface area contributed by atoms with Gasteiger partial charge in [-0.3, -0.25) is 4.90 Å². The van der Waals surface area contributed by atoms with E-state index in [2.05, 4.69) is 11.8 Å². The van der Waals surface area contributed by atoms with E-state index in [9.17, 15) is 8.78 Å². The highest BCUT2D eigenvalue weighted by Gasteiger charge is 2.27. The van der Waals surface area contributed by atoms with Crippen molar-refractivity contribution in [2.45, 2.75) is 38.8 Å². The van der Waals surface area contributed by atoms with Crippen LogP contribution >= 0.6 is 0 Å². The standard InChI is InChI=1S/C15H22F2N2/c1-11-4-3-7-19(14(11)9-18)10-12-5-2-6-13(8-12)15(16)17/h2,5-6,8,11,14-15H,3-4,7,9-10,18H2,1H3. The van der Waals surface area contributed by atoms with Crippen LogP contribution < -0.4 is 5.73 Å². The average molecular weight is 268 g/mol. The number of hydrogen-bond donors (Lipinski definition) is 1. The van der Waals surface area contributed by atoms with Crippen molar-refractivity contribution in [2.24, 2.45) is 11.7 Å². The molecule has 0 amide bonds. The number of rotatable bonds is 4. The first kappa shape index (κ1) is 14.4. The van der Waals surface area contributed by atoms with Gasteiger partial charge in [0.2, 0.25) is 0 Å². The summed E-state index contributed by atoms with van der Waals surface area (Å²) in [7, 11) is 0. The first-order valence-electron chi connectivity index (χ1n) is 6.93. The number of piperidine rings is 1. The third-order valence-corrected chi connectivity index (χ3v) is 4.06. The maximum Gasteiger partial charge on any atom is 0.263 e. The van der Waals surface area contributed by atoms with Gasteiger partial charge in [0.25, 0.3) is 6.43 Å². The number of hydrogen-bond acceptors (Lipinski definition) is 2. The zero-order valence-electron chi connectivity index (χ0n) is 11.4. The second kappa shape index (κ2) is 6.44. The zero-order chi connectivity index (χ0) is 13.8. The van der Waals surface area contributed by atoms with Gasteiger partial charge in [0.1, 0.15) is 0 Å². The quantitative estimate of drug-likeness (QED) is 0.908. The van der Waals surface area contributed by atoms with Gasteiger partial charge in [-0.05, 0) is 36.9 Å². The van der Waals surface area contributed by atoms with Crippen molar-refractivity contribution in [3.8, 4) is 0 Å². The molecular formula is C15H22F2N2. The van der Waals surface area contributed by atoms with Crippen LogP contribution in [-0.4, -0.2) is 24.0 Å². The fourth-order valence-electron chi connectivity index (χ4n) is 2.97. The van der Waals surface area contributed by atoms with E-state index in [1.807, 2.05) is 6.07 Å². The van der Waals surface area contributed by atoms with Crippen LogP contribution in [0, 0.1) is 5.92 Å². The third kappa shape index (κ3) is 3.51. The van der Waals surface area contributed by atoms with E-state index in [-0.39, 0.29) is 5.56 Å². The highest BCUT2D eigenvalue weighted by Crippen LogP contribution is 2.25. The van der Waals surface area contributed by atoms with E-state index < -0.39 is 6.43 Å². The Hall–Kier alpha value is -1.00. The Morgan fingerprint density at radius 2 is 2.21 bits per heavy atom. The molecule has 0 aromatic heterocycles. The Bertz CT molecular complexity index is 409. The van der Waals surface area contributed by atoms with Crippen molar-refractivity contribution < 1.29 is 8.78 Å². The lowest BCUT2D eigenvalue weighted by atomic mass is 9.90. The number of alkyl halides is 2. The maximum atomic E-state index is 12.7. The van der Waals surface area contributed by atoms with E-state index >= 15 is 0 Å². The zero-order valence-corrected chi connectivity index (χ0v) is 11.4. The van der Waals surface area contributed by atoms with Gasteiger partial charge in [-0.1, -0.05) is 25.1 Å². The monoisotopic (exact) mass is 268 g/mol. The smallest absolute Gasteiger partial charge is 0.263 e. The molecule has 19 heavy (non-hydrogen) atoms. The Balaban J connectivity index is 2.09. The minimum atomic E-state index is -2.40. The number of benzene rings is 1. The van der Waals surface area contributed by atoms with Crippen LogP contribution in [0.5, 0.6) is 0 Å². The summed E-state index contributed by atoms with van der Waals surface area (Å²) in [6.07, 6.45) is -0.0349. The number of likely N-dealkylation sites (tertiary alicyclic amines) is 1. The van der Waals surface area contributed by atoms with Crippen LogP contribution in [0.25, 0.3) is 0 Å². The summed E-state index contributed by atoms with van der Waals surface area (Å²) in [6, 6.07) is 7.08. The average Bonchev–Trinajstić information content (AvgIpc) is 2.39. The van der Waals surface area contributed by atoms with E-state index in [0.29, 0.717) is 25.0 Å². The predicted molar refractivity (Wildman–Crippen MR) is 73.0 cm³/mol. The molecule has 0 radical (unpaired) electrons. The topological polar surface area (TPSA) is 29.3 Å². The van der Waals surface area contributed by atoms with Crippen molar-refractivity contribution in [2.75, 3.05) is 13.1 Å². The SMILES string of the molecule is CC1CCCN(Cc2cccc(C(F)F)c2)C1CN. The Labute approximate surface area is 113 Å². The first-order chi connectivity index (χ1) is 9.11. The maximum absolute atomic E-state index is 12.7. The summed E-state index contributed by atoms with van der Waals surface area (Å²) in [6.45, 7) is 4.58. The Morgan fingerprint density at radius 1 is 1.42 bits per heavy atom. The molecule has 2 N–H and O–H groups in total. The predicted octanol–water partition coefficient (Wildman–Crippen LogP) is 3.18. The van der Waals surface area contributed by atoms with Gasteiger partial charge >= 0.3 is 0 Å². The fraction of sp³-hybridized carbons (Fsp3) is 0.600. The fourth-order valence-corrected chi connectivity index (χ4v) is 2.97. The minimum Gasteiger partial charge on any atom is -0.329 e. The summed E-state index contributed by atoms with van der Waals surface area (Å²) in [4.78, 5) is 2.33. The number of nitrogens with two attached hydrogens (primary N) is 1. The van der Waals surface area contributed by atoms with Crippen LogP contribution in [0.4, 0.5) is 8.78 Å². The van der Waals surface area contributed by atoms with Gasteiger partial charge < -0.3 is 5.73 Å². The van der Waals surface area contributed by atoms with E-state index in [1.54, 1.807) is 12.1 Å². The van der Waals surface area contributed by atoms with Crippen LogP contribution in [0.15, 0.2) is 24.3 Å². The summed E-state index contributed by atoms with van der Waals surface area (Å²) < 4.78 is 25.4. The Morgan fingerprint density at radius 3 is 2.89 bits per heavy atom. The molecule has 106 valence electrons. The van der Waals surface area contributed by atoms with Gasteiger partial charge in [0, 0.05) is 24.7 Å². The van der Waals surface area contributed by atoms with Gasteiger partial charge in [0.05, 0.1) is 0 Å². The lowest BCUT2D eigenvalue weighted by Gasteiger charge is -2.39. The molecule has 1 fully saturated rings. The van der Waals surface area contributed by atoms with Crippen molar-refractivity contribution in [1.82, 2.24) is 4.90 Å². The number of halogens is 2. The molecule has 4 heteroatoms. The molecule has 0 bridgehead atoms. The molecule has 1 heterocycles. The van der Waals surface area contributed by atoms with Crippen molar-refractivity contribution in [3.63, 3.8) is 0 Å². The van der Waals surface area contributed by atoms with Gasteiger partial charge in [-0.25, -0.2) is 8.78 Å². The molecule has 2 atom stereocenters. The van der Waals surface area contributed by atoms with Crippen LogP contribution in [0.1, 0.15) is 37.3 Å². The molecule has 1 aliphatic heterocycles. The lowest BCUT2D eigenvalue weighted by molar-refractivity contribution is 0.0988. The molecule has 2 nitrogen and oxygen atoms in total. The molecule has 0 saturated carbocycles. The molecule has 1 aromatic rings. The second-order valence-corrected chi connectivity index (χ2v) is 5.44. The molecule has 2 unspecified atom stereocenters. The second-order valence-electron chi connectivity index (χ2n) is 5.44. The summed E-state index contributed by atoms with van der Waals surface area (Å²) in [5.41, 5.74) is 6.91. The highest BCUT2D eigenvalue weighted by atomic mass is 19.3. The first-order valence-corrected chi connectivity index (χ1v) is 6.93. The third-order valence-electron chi connectivity index (χ3n) is 4.06. The van der Waals surface area contributed by atoms with E-state index in [1.165, 1.54) is 12.5 Å². The van der Waals surface area contributed by atoms with Crippen molar-refractivity contribution in [3.05, 3.63) is 35.4 Å². The molecule has 2 rings (SSSR count). The number of nitrogens with zero attached hydrogens (tertiary/aromatic N) is 1. The van der Waals surface area contributed by atoms with Gasteiger partial charge in [-0.2, -0.15) is 0 Å². The molecule has 1 aliphatic rings. The van der Waals surface area contributed by atoms with Crippen LogP contribution in [0.2, 0.25) is 0 Å². The largest absolute Gasteiger partial charge is 0.329 e. The molecular weight excluding hydrogens is 246 g/mol. The van der Waals surface area contributed by atoms with Crippen molar-refractivity contribution in [1.29, 1.82) is 0 Å². The van der Waals surface area contributed by atoms with Gasteiger partial charge in [-0.15, -0.1) is 0 Å². The Kier molecular flexibility index (Phi) is 4.88. The van der Waals surface area contributed by atoms with Crippen LogP contribution in [-0.2, 0) is 6.54 Å². The summed E-state index contributed by atoms with van der Waals surface area (Å²) >= 11 is 0. The minimum absolute atomic E-state index is 0.104. The van der Waals surface area contributed by atoms with E-state index in [4.69, 9.17) is 5.73 Å².